The van der Waals surface area contributed by atoms with Crippen LogP contribution >= 0.6 is 0 Å². The quantitative estimate of drug-likeness (QED) is 0.907. The third-order valence-electron chi connectivity index (χ3n) is 3.70. The standard InChI is InChI=1S/C19H22N2O2/c1-4-18(22)20-16-12-10-15(11-13-16)19(23)21(5-2)17-9-7-6-8-14(17)3/h6-13H,4-5H2,1-3H3,(H,20,22). The van der Waals surface area contributed by atoms with Gasteiger partial charge in [-0.25, -0.2) is 0 Å². The average molecular weight is 310 g/mol. The number of carbonyl (C=O) groups is 2. The number of rotatable bonds is 5. The van der Waals surface area contributed by atoms with E-state index in [1.54, 1.807) is 36.1 Å². The maximum atomic E-state index is 12.8. The third-order valence-corrected chi connectivity index (χ3v) is 3.70. The van der Waals surface area contributed by atoms with E-state index < -0.39 is 0 Å². The van der Waals surface area contributed by atoms with Crippen LogP contribution in [0.15, 0.2) is 48.5 Å². The van der Waals surface area contributed by atoms with Crippen LogP contribution in [-0.2, 0) is 4.79 Å². The van der Waals surface area contributed by atoms with Crippen molar-refractivity contribution in [3.05, 3.63) is 59.7 Å². The van der Waals surface area contributed by atoms with E-state index in [0.29, 0.717) is 24.2 Å². The average Bonchev–Trinajstić information content (AvgIpc) is 2.57. The Morgan fingerprint density at radius 3 is 2.22 bits per heavy atom. The van der Waals surface area contributed by atoms with Crippen molar-refractivity contribution in [1.29, 1.82) is 0 Å². The second-order valence-electron chi connectivity index (χ2n) is 5.31. The van der Waals surface area contributed by atoms with E-state index in [1.165, 1.54) is 0 Å². The summed E-state index contributed by atoms with van der Waals surface area (Å²) in [7, 11) is 0. The first kappa shape index (κ1) is 16.7. The summed E-state index contributed by atoms with van der Waals surface area (Å²) >= 11 is 0. The van der Waals surface area contributed by atoms with Gasteiger partial charge >= 0.3 is 0 Å². The Kier molecular flexibility index (Phi) is 5.52. The molecule has 0 unspecified atom stereocenters. The van der Waals surface area contributed by atoms with Crippen LogP contribution in [0.25, 0.3) is 0 Å². The molecule has 0 saturated carbocycles. The van der Waals surface area contributed by atoms with Crippen molar-refractivity contribution in [1.82, 2.24) is 0 Å². The molecule has 0 heterocycles. The molecule has 23 heavy (non-hydrogen) atoms. The summed E-state index contributed by atoms with van der Waals surface area (Å²) < 4.78 is 0. The smallest absolute Gasteiger partial charge is 0.258 e. The molecule has 0 fully saturated rings. The number of nitrogens with zero attached hydrogens (tertiary/aromatic N) is 1. The minimum atomic E-state index is -0.0461. The third kappa shape index (κ3) is 3.97. The summed E-state index contributed by atoms with van der Waals surface area (Å²) in [5.41, 5.74) is 3.29. The Labute approximate surface area is 137 Å². The number of nitrogens with one attached hydrogen (secondary N) is 1. The first-order valence-corrected chi connectivity index (χ1v) is 7.84. The summed E-state index contributed by atoms with van der Waals surface area (Å²) in [5.74, 6) is -0.0886. The van der Waals surface area contributed by atoms with Crippen molar-refractivity contribution in [2.24, 2.45) is 0 Å². The van der Waals surface area contributed by atoms with Gasteiger partial charge in [-0.1, -0.05) is 25.1 Å². The predicted molar refractivity (Wildman–Crippen MR) is 93.9 cm³/mol. The highest BCUT2D eigenvalue weighted by atomic mass is 16.2. The minimum absolute atomic E-state index is 0.0424. The van der Waals surface area contributed by atoms with Crippen LogP contribution in [0.3, 0.4) is 0 Å². The highest BCUT2D eigenvalue weighted by Gasteiger charge is 2.17. The largest absolute Gasteiger partial charge is 0.326 e. The monoisotopic (exact) mass is 310 g/mol. The van der Waals surface area contributed by atoms with Gasteiger partial charge in [-0.3, -0.25) is 9.59 Å². The number of anilines is 2. The van der Waals surface area contributed by atoms with Crippen LogP contribution < -0.4 is 10.2 Å². The van der Waals surface area contributed by atoms with E-state index >= 15 is 0 Å². The number of amides is 2. The van der Waals surface area contributed by atoms with Gasteiger partial charge in [-0.2, -0.15) is 0 Å². The number of benzene rings is 2. The Bertz CT molecular complexity index is 693. The number of hydrogen-bond donors (Lipinski definition) is 1. The molecule has 0 aliphatic carbocycles. The molecule has 2 rings (SSSR count). The molecule has 4 heteroatoms. The molecular formula is C19H22N2O2. The fraction of sp³-hybridized carbons (Fsp3) is 0.263. The van der Waals surface area contributed by atoms with Crippen LogP contribution in [0, 0.1) is 6.92 Å². The minimum Gasteiger partial charge on any atom is -0.326 e. The molecule has 0 aliphatic rings. The SMILES string of the molecule is CCC(=O)Nc1ccc(C(=O)N(CC)c2ccccc2C)cc1. The van der Waals surface area contributed by atoms with E-state index in [9.17, 15) is 9.59 Å². The number of hydrogen-bond acceptors (Lipinski definition) is 2. The number of carbonyl (C=O) groups excluding carboxylic acids is 2. The zero-order valence-corrected chi connectivity index (χ0v) is 13.8. The number of para-hydroxylation sites is 1. The Balaban J connectivity index is 2.21. The van der Waals surface area contributed by atoms with Gasteiger partial charge in [0.05, 0.1) is 0 Å². The van der Waals surface area contributed by atoms with Crippen molar-refractivity contribution in [3.8, 4) is 0 Å². The van der Waals surface area contributed by atoms with Gasteiger partial charge in [0.2, 0.25) is 5.91 Å². The fourth-order valence-corrected chi connectivity index (χ4v) is 2.39. The summed E-state index contributed by atoms with van der Waals surface area (Å²) in [5, 5.41) is 2.78. The van der Waals surface area contributed by atoms with Gasteiger partial charge in [0.15, 0.2) is 0 Å². The summed E-state index contributed by atoms with van der Waals surface area (Å²) in [4.78, 5) is 25.9. The van der Waals surface area contributed by atoms with Crippen LogP contribution in [0.2, 0.25) is 0 Å². The molecule has 2 aromatic carbocycles. The molecule has 0 bridgehead atoms. The maximum absolute atomic E-state index is 12.8. The normalized spacial score (nSPS) is 10.2. The van der Waals surface area contributed by atoms with Crippen molar-refractivity contribution < 1.29 is 9.59 Å². The molecule has 2 aromatic rings. The lowest BCUT2D eigenvalue weighted by atomic mass is 10.1. The summed E-state index contributed by atoms with van der Waals surface area (Å²) in [6.45, 7) is 6.35. The Morgan fingerprint density at radius 1 is 1.00 bits per heavy atom. The zero-order valence-electron chi connectivity index (χ0n) is 13.8. The van der Waals surface area contributed by atoms with Crippen molar-refractivity contribution in [2.45, 2.75) is 27.2 Å². The molecule has 0 aromatic heterocycles. The summed E-state index contributed by atoms with van der Waals surface area (Å²) in [6.07, 6.45) is 0.428. The van der Waals surface area contributed by atoms with Crippen molar-refractivity contribution >= 4 is 23.2 Å². The second kappa shape index (κ2) is 7.58. The van der Waals surface area contributed by atoms with E-state index in [-0.39, 0.29) is 11.8 Å². The van der Waals surface area contributed by atoms with Gasteiger partial charge in [0.1, 0.15) is 0 Å². The lowest BCUT2D eigenvalue weighted by Crippen LogP contribution is -2.31. The van der Waals surface area contributed by atoms with Crippen LogP contribution in [0.1, 0.15) is 36.2 Å². The maximum Gasteiger partial charge on any atom is 0.258 e. The van der Waals surface area contributed by atoms with Gasteiger partial charge in [-0.15, -0.1) is 0 Å². The highest BCUT2D eigenvalue weighted by Crippen LogP contribution is 2.22. The van der Waals surface area contributed by atoms with Crippen molar-refractivity contribution in [2.75, 3.05) is 16.8 Å². The van der Waals surface area contributed by atoms with E-state index in [0.717, 1.165) is 11.3 Å². The van der Waals surface area contributed by atoms with E-state index in [1.807, 2.05) is 38.1 Å². The van der Waals surface area contributed by atoms with E-state index in [4.69, 9.17) is 0 Å². The topological polar surface area (TPSA) is 49.4 Å². The molecule has 0 radical (unpaired) electrons. The predicted octanol–water partition coefficient (Wildman–Crippen LogP) is 4.01. The molecule has 0 saturated heterocycles. The van der Waals surface area contributed by atoms with E-state index in [2.05, 4.69) is 5.32 Å². The molecule has 120 valence electrons. The Morgan fingerprint density at radius 2 is 1.65 bits per heavy atom. The molecular weight excluding hydrogens is 288 g/mol. The molecule has 1 N–H and O–H groups in total. The molecule has 2 amide bonds. The van der Waals surface area contributed by atoms with Crippen molar-refractivity contribution in [3.63, 3.8) is 0 Å². The van der Waals surface area contributed by atoms with Crippen LogP contribution in [0.5, 0.6) is 0 Å². The first-order chi connectivity index (χ1) is 11.1. The van der Waals surface area contributed by atoms with Crippen LogP contribution in [0.4, 0.5) is 11.4 Å². The number of aryl methyl sites for hydroxylation is 1. The Hall–Kier alpha value is -2.62. The highest BCUT2D eigenvalue weighted by molar-refractivity contribution is 6.06. The lowest BCUT2D eigenvalue weighted by molar-refractivity contribution is -0.115. The molecule has 0 atom stereocenters. The van der Waals surface area contributed by atoms with Gasteiger partial charge in [0.25, 0.3) is 5.91 Å². The van der Waals surface area contributed by atoms with Crippen LogP contribution in [-0.4, -0.2) is 18.4 Å². The molecule has 0 aliphatic heterocycles. The van der Waals surface area contributed by atoms with Gasteiger partial charge in [0, 0.05) is 29.9 Å². The first-order valence-electron chi connectivity index (χ1n) is 7.84. The molecule has 4 nitrogen and oxygen atoms in total. The van der Waals surface area contributed by atoms with Gasteiger partial charge in [-0.05, 0) is 49.7 Å². The second-order valence-corrected chi connectivity index (χ2v) is 5.31. The summed E-state index contributed by atoms with van der Waals surface area (Å²) in [6, 6.07) is 14.8. The zero-order chi connectivity index (χ0) is 16.8. The van der Waals surface area contributed by atoms with Gasteiger partial charge < -0.3 is 10.2 Å². The lowest BCUT2D eigenvalue weighted by Gasteiger charge is -2.23. The molecule has 0 spiro atoms. The fourth-order valence-electron chi connectivity index (χ4n) is 2.39.